The molecule has 0 aliphatic carbocycles. The van der Waals surface area contributed by atoms with Crippen molar-refractivity contribution < 1.29 is 23.9 Å². The molecule has 1 fully saturated rings. The van der Waals surface area contributed by atoms with Gasteiger partial charge >= 0.3 is 5.97 Å². The molecule has 34 heavy (non-hydrogen) atoms. The van der Waals surface area contributed by atoms with E-state index in [2.05, 4.69) is 5.32 Å². The second kappa shape index (κ2) is 10.0. The molecule has 0 saturated carbocycles. The number of ether oxygens (including phenoxy) is 1. The van der Waals surface area contributed by atoms with Crippen LogP contribution in [-0.4, -0.2) is 30.2 Å². The summed E-state index contributed by atoms with van der Waals surface area (Å²) < 4.78 is 5.32. The summed E-state index contributed by atoms with van der Waals surface area (Å²) in [6.07, 6.45) is 0.00338. The molecular weight excluding hydrogens is 452 g/mol. The lowest BCUT2D eigenvalue weighted by molar-refractivity contribution is -0.152. The van der Waals surface area contributed by atoms with E-state index >= 15 is 0 Å². The smallest absolute Gasteiger partial charge is 0.312 e. The Morgan fingerprint density at radius 2 is 1.76 bits per heavy atom. The fourth-order valence-corrected chi connectivity index (χ4v) is 4.85. The Labute approximate surface area is 201 Å². The van der Waals surface area contributed by atoms with Gasteiger partial charge in [0.25, 0.3) is 5.91 Å². The number of nitrogens with one attached hydrogen (secondary N) is 1. The number of esters is 1. The maximum absolute atomic E-state index is 13.0. The van der Waals surface area contributed by atoms with Crippen molar-refractivity contribution in [2.75, 3.05) is 16.8 Å². The topological polar surface area (TPSA) is 92.8 Å². The van der Waals surface area contributed by atoms with E-state index in [0.29, 0.717) is 11.3 Å². The Balaban J connectivity index is 1.45. The zero-order chi connectivity index (χ0) is 24.2. The van der Waals surface area contributed by atoms with Crippen LogP contribution in [0.3, 0.4) is 0 Å². The van der Waals surface area contributed by atoms with Crippen LogP contribution in [0.2, 0.25) is 0 Å². The van der Waals surface area contributed by atoms with Gasteiger partial charge in [0.15, 0.2) is 12.4 Å². The third kappa shape index (κ3) is 5.07. The summed E-state index contributed by atoms with van der Waals surface area (Å²) in [4.78, 5) is 52.2. The predicted molar refractivity (Wildman–Crippen MR) is 130 cm³/mol. The fourth-order valence-electron chi connectivity index (χ4n) is 3.97. The summed E-state index contributed by atoms with van der Waals surface area (Å²) >= 11 is 1.47. The lowest BCUT2D eigenvalue weighted by Gasteiger charge is -2.27. The van der Waals surface area contributed by atoms with E-state index in [0.717, 1.165) is 16.1 Å². The highest BCUT2D eigenvalue weighted by Crippen LogP contribution is 2.43. The molecule has 2 amide bonds. The van der Waals surface area contributed by atoms with Gasteiger partial charge < -0.3 is 15.0 Å². The molecule has 0 radical (unpaired) electrons. The molecule has 1 saturated heterocycles. The van der Waals surface area contributed by atoms with Crippen molar-refractivity contribution in [3.63, 3.8) is 0 Å². The van der Waals surface area contributed by atoms with Gasteiger partial charge in [0, 0.05) is 28.2 Å². The van der Waals surface area contributed by atoms with Crippen molar-refractivity contribution in [1.29, 1.82) is 0 Å². The minimum absolute atomic E-state index is 0.00338. The molecule has 4 rings (SSSR count). The number of carbonyl (C=O) groups excluding carboxylic acids is 4. The predicted octanol–water partition coefficient (Wildman–Crippen LogP) is 4.54. The van der Waals surface area contributed by atoms with Gasteiger partial charge in [-0.25, -0.2) is 0 Å². The second-order valence-electron chi connectivity index (χ2n) is 8.16. The third-order valence-electron chi connectivity index (χ3n) is 5.69. The minimum Gasteiger partial charge on any atom is -0.455 e. The van der Waals surface area contributed by atoms with Crippen molar-refractivity contribution in [2.24, 2.45) is 5.92 Å². The molecule has 1 N–H and O–H groups in total. The van der Waals surface area contributed by atoms with E-state index in [9.17, 15) is 19.2 Å². The Bertz CT molecular complexity index is 1200. The molecule has 2 heterocycles. The molecule has 0 spiro atoms. The number of carbonyl (C=O) groups is 4. The number of hydrogen-bond acceptors (Lipinski definition) is 6. The number of aryl methyl sites for hydroxylation is 1. The number of benzene rings is 2. The van der Waals surface area contributed by atoms with Crippen molar-refractivity contribution in [3.05, 3.63) is 82.0 Å². The van der Waals surface area contributed by atoms with Gasteiger partial charge in [-0.15, -0.1) is 11.3 Å². The highest BCUT2D eigenvalue weighted by molar-refractivity contribution is 7.10. The number of anilines is 2. The average molecular weight is 477 g/mol. The normalized spacial score (nSPS) is 17.5. The van der Waals surface area contributed by atoms with E-state index in [1.54, 1.807) is 29.2 Å². The van der Waals surface area contributed by atoms with Gasteiger partial charge in [0.2, 0.25) is 5.91 Å². The highest BCUT2D eigenvalue weighted by atomic mass is 32.1. The molecule has 7 nitrogen and oxygen atoms in total. The summed E-state index contributed by atoms with van der Waals surface area (Å²) in [5.41, 5.74) is 2.81. The first kappa shape index (κ1) is 23.4. The zero-order valence-electron chi connectivity index (χ0n) is 18.8. The van der Waals surface area contributed by atoms with E-state index < -0.39 is 30.4 Å². The molecule has 2 aromatic carbocycles. The first-order chi connectivity index (χ1) is 16.3. The van der Waals surface area contributed by atoms with Crippen molar-refractivity contribution in [1.82, 2.24) is 0 Å². The largest absolute Gasteiger partial charge is 0.455 e. The fraction of sp³-hybridized carbons (Fsp3) is 0.231. The van der Waals surface area contributed by atoms with Gasteiger partial charge in [-0.3, -0.25) is 19.2 Å². The van der Waals surface area contributed by atoms with Crippen molar-refractivity contribution in [3.8, 4) is 0 Å². The van der Waals surface area contributed by atoms with E-state index in [-0.39, 0.29) is 18.1 Å². The maximum atomic E-state index is 13.0. The number of hydrogen-bond donors (Lipinski definition) is 1. The summed E-state index contributed by atoms with van der Waals surface area (Å²) in [5.74, 6) is -2.06. The monoisotopic (exact) mass is 476 g/mol. The average Bonchev–Trinajstić information content (AvgIpc) is 3.46. The lowest BCUT2D eigenvalue weighted by atomic mass is 9.99. The zero-order valence-corrected chi connectivity index (χ0v) is 19.6. The Morgan fingerprint density at radius 3 is 2.38 bits per heavy atom. The van der Waals surface area contributed by atoms with Gasteiger partial charge in [0.1, 0.15) is 0 Å². The molecule has 2 atom stereocenters. The number of ketones is 1. The maximum Gasteiger partial charge on any atom is 0.312 e. The van der Waals surface area contributed by atoms with Gasteiger partial charge in [-0.1, -0.05) is 23.8 Å². The summed E-state index contributed by atoms with van der Waals surface area (Å²) in [6.45, 7) is 2.96. The quantitative estimate of drug-likeness (QED) is 0.399. The summed E-state index contributed by atoms with van der Waals surface area (Å²) in [7, 11) is 0. The molecule has 2 unspecified atom stereocenters. The van der Waals surface area contributed by atoms with Crippen LogP contribution in [0.1, 0.15) is 40.2 Å². The molecule has 1 aliphatic rings. The van der Waals surface area contributed by atoms with E-state index in [1.165, 1.54) is 18.3 Å². The Hall–Kier alpha value is -3.78. The van der Waals surface area contributed by atoms with Gasteiger partial charge in [-0.05, 0) is 61.7 Å². The van der Waals surface area contributed by atoms with Crippen LogP contribution in [0.4, 0.5) is 11.4 Å². The van der Waals surface area contributed by atoms with Crippen LogP contribution >= 0.6 is 11.3 Å². The Kier molecular flexibility index (Phi) is 6.88. The first-order valence-corrected chi connectivity index (χ1v) is 11.7. The molecule has 1 aliphatic heterocycles. The SMILES string of the molecule is CC(=O)c1ccc(NC(=O)COC(=O)C2CC(=O)N(c3ccc(C)cc3)C2c2cccs2)cc1. The molecule has 0 bridgehead atoms. The Morgan fingerprint density at radius 1 is 1.06 bits per heavy atom. The number of amides is 2. The summed E-state index contributed by atoms with van der Waals surface area (Å²) in [6, 6.07) is 17.3. The second-order valence-corrected chi connectivity index (χ2v) is 9.14. The summed E-state index contributed by atoms with van der Waals surface area (Å²) in [5, 5.41) is 4.54. The van der Waals surface area contributed by atoms with Crippen molar-refractivity contribution >= 4 is 46.3 Å². The molecule has 174 valence electrons. The van der Waals surface area contributed by atoms with Crippen LogP contribution in [0.15, 0.2) is 66.0 Å². The molecule has 1 aromatic heterocycles. The lowest BCUT2D eigenvalue weighted by Crippen LogP contribution is -2.31. The van der Waals surface area contributed by atoms with Crippen LogP contribution in [-0.2, 0) is 19.1 Å². The minimum atomic E-state index is -0.727. The highest BCUT2D eigenvalue weighted by Gasteiger charge is 2.46. The van der Waals surface area contributed by atoms with E-state index in [1.807, 2.05) is 48.7 Å². The molecule has 8 heteroatoms. The molecular formula is C26H24N2O5S. The van der Waals surface area contributed by atoms with Gasteiger partial charge in [-0.2, -0.15) is 0 Å². The number of thiophene rings is 1. The number of Topliss-reactive ketones (excluding diaryl/α,β-unsaturated/α-hetero) is 1. The third-order valence-corrected chi connectivity index (χ3v) is 6.64. The first-order valence-electron chi connectivity index (χ1n) is 10.8. The number of nitrogens with zero attached hydrogens (tertiary/aromatic N) is 1. The van der Waals surface area contributed by atoms with Gasteiger partial charge in [0.05, 0.1) is 12.0 Å². The van der Waals surface area contributed by atoms with Crippen LogP contribution in [0.25, 0.3) is 0 Å². The van der Waals surface area contributed by atoms with E-state index in [4.69, 9.17) is 4.74 Å². The van der Waals surface area contributed by atoms with Crippen LogP contribution < -0.4 is 10.2 Å². The van der Waals surface area contributed by atoms with Crippen LogP contribution in [0, 0.1) is 12.8 Å². The van der Waals surface area contributed by atoms with Crippen molar-refractivity contribution in [2.45, 2.75) is 26.3 Å². The standard InChI is InChI=1S/C26H24N2O5S/c1-16-5-11-20(12-6-16)28-24(31)14-21(25(28)22-4-3-13-34-22)26(32)33-15-23(30)27-19-9-7-18(8-10-19)17(2)29/h3-13,21,25H,14-15H2,1-2H3,(H,27,30). The van der Waals surface area contributed by atoms with Crippen LogP contribution in [0.5, 0.6) is 0 Å². The number of rotatable bonds is 7. The molecule has 3 aromatic rings.